The van der Waals surface area contributed by atoms with Crippen molar-refractivity contribution in [2.45, 2.75) is 6.55 Å². The third-order valence-corrected chi connectivity index (χ3v) is 5.07. The van der Waals surface area contributed by atoms with E-state index in [-0.39, 0.29) is 51.0 Å². The third kappa shape index (κ3) is 8.84. The van der Waals surface area contributed by atoms with E-state index in [4.69, 9.17) is 0 Å². The maximum atomic E-state index is 2.19. The van der Waals surface area contributed by atoms with Crippen LogP contribution in [0, 0.1) is 0 Å². The Labute approximate surface area is 207 Å². The number of hydrogen-bond donors (Lipinski definition) is 0. The first-order chi connectivity index (χ1) is 12.9. The Balaban J connectivity index is 0.000000387. The van der Waals surface area contributed by atoms with Crippen molar-refractivity contribution in [2.75, 3.05) is 0 Å². The van der Waals surface area contributed by atoms with E-state index in [1.807, 2.05) is 6.07 Å². The summed E-state index contributed by atoms with van der Waals surface area (Å²) in [7, 11) is 0.930. The Bertz CT molecular complexity index is 912. The van der Waals surface area contributed by atoms with Gasteiger partial charge < -0.3 is 24.8 Å². The average molecular weight is 513 g/mol. The molecule has 0 fully saturated rings. The Morgan fingerprint density at radius 1 is 0.552 bits per heavy atom. The molecule has 5 aromatic carbocycles. The SMILES string of the molecule is C[Si]c1ccccc1.[Cl-].[Cl-].[Zr+4].c1ccc2[cH-]ccc2c1.c1ccc2[cH-]ccc2c1. The molecule has 0 heterocycles. The molecule has 0 spiro atoms. The maximum absolute atomic E-state index is 2.19. The van der Waals surface area contributed by atoms with Crippen LogP contribution in [0.25, 0.3) is 21.5 Å². The van der Waals surface area contributed by atoms with Crippen LogP contribution in [0.5, 0.6) is 0 Å². The first-order valence-corrected chi connectivity index (χ1v) is 10.3. The van der Waals surface area contributed by atoms with E-state index in [1.165, 1.54) is 26.7 Å². The van der Waals surface area contributed by atoms with Gasteiger partial charge in [-0.25, -0.2) is 0 Å². The molecule has 29 heavy (non-hydrogen) atoms. The van der Waals surface area contributed by atoms with E-state index in [0.717, 1.165) is 9.52 Å². The van der Waals surface area contributed by atoms with Gasteiger partial charge in [-0.05, 0) is 0 Å². The molecule has 0 aromatic heterocycles. The largest absolute Gasteiger partial charge is 4.00 e. The van der Waals surface area contributed by atoms with Crippen LogP contribution in [0.4, 0.5) is 0 Å². The van der Waals surface area contributed by atoms with Crippen molar-refractivity contribution in [2.24, 2.45) is 0 Å². The van der Waals surface area contributed by atoms with Gasteiger partial charge in [-0.1, -0.05) is 54.2 Å². The van der Waals surface area contributed by atoms with Crippen LogP contribution in [0.15, 0.2) is 115 Å². The van der Waals surface area contributed by atoms with Crippen LogP contribution >= 0.6 is 0 Å². The fraction of sp³-hybridized carbons (Fsp3) is 0.0400. The Kier molecular flexibility index (Phi) is 14.6. The predicted octanol–water partition coefficient (Wildman–Crippen LogP) is 0.187. The van der Waals surface area contributed by atoms with Crippen molar-refractivity contribution in [3.63, 3.8) is 0 Å². The number of halogens is 2. The first-order valence-electron chi connectivity index (χ1n) is 8.80. The van der Waals surface area contributed by atoms with Gasteiger partial charge in [0.25, 0.3) is 0 Å². The molecule has 0 nitrogen and oxygen atoms in total. The molecule has 2 radical (unpaired) electrons. The smallest absolute Gasteiger partial charge is 1.00 e. The minimum absolute atomic E-state index is 0. The van der Waals surface area contributed by atoms with Gasteiger partial charge in [0.2, 0.25) is 0 Å². The molecule has 4 heteroatoms. The van der Waals surface area contributed by atoms with E-state index in [2.05, 4.69) is 116 Å². The molecular weight excluding hydrogens is 490 g/mol. The van der Waals surface area contributed by atoms with Crippen molar-refractivity contribution < 1.29 is 51.0 Å². The molecular formula is C25H22Cl2SiZr. The summed E-state index contributed by atoms with van der Waals surface area (Å²) < 4.78 is 0. The Hall–Kier alpha value is -1.44. The second-order valence-corrected chi connectivity index (χ2v) is 7.00. The minimum Gasteiger partial charge on any atom is -1.00 e. The molecule has 5 rings (SSSR count). The monoisotopic (exact) mass is 510 g/mol. The minimum atomic E-state index is 0. The van der Waals surface area contributed by atoms with Gasteiger partial charge in [0, 0.05) is 0 Å². The Morgan fingerprint density at radius 3 is 1.34 bits per heavy atom. The van der Waals surface area contributed by atoms with E-state index in [0.29, 0.717) is 0 Å². The van der Waals surface area contributed by atoms with Gasteiger partial charge in [0.1, 0.15) is 0 Å². The molecule has 0 unspecified atom stereocenters. The predicted molar refractivity (Wildman–Crippen MR) is 117 cm³/mol. The van der Waals surface area contributed by atoms with Crippen LogP contribution < -0.4 is 30.0 Å². The van der Waals surface area contributed by atoms with Crippen molar-refractivity contribution in [3.8, 4) is 0 Å². The van der Waals surface area contributed by atoms with Gasteiger partial charge >= 0.3 is 26.2 Å². The average Bonchev–Trinajstić information content (AvgIpc) is 3.38. The molecule has 0 amide bonds. The molecule has 144 valence electrons. The van der Waals surface area contributed by atoms with Gasteiger partial charge in [-0.3, -0.25) is 0 Å². The van der Waals surface area contributed by atoms with Crippen molar-refractivity contribution in [1.29, 1.82) is 0 Å². The normalized spacial score (nSPS) is 8.86. The van der Waals surface area contributed by atoms with Crippen LogP contribution in [-0.2, 0) is 26.2 Å². The van der Waals surface area contributed by atoms with E-state index in [9.17, 15) is 0 Å². The molecule has 5 aromatic rings. The van der Waals surface area contributed by atoms with Gasteiger partial charge in [0.15, 0.2) is 0 Å². The topological polar surface area (TPSA) is 0 Å². The van der Waals surface area contributed by atoms with Gasteiger partial charge in [-0.15, -0.1) is 59.3 Å². The summed E-state index contributed by atoms with van der Waals surface area (Å²) in [6.45, 7) is 2.19. The van der Waals surface area contributed by atoms with Crippen LogP contribution in [-0.4, -0.2) is 9.52 Å². The fourth-order valence-corrected chi connectivity index (χ4v) is 3.27. The number of hydrogen-bond acceptors (Lipinski definition) is 0. The molecule has 0 bridgehead atoms. The summed E-state index contributed by atoms with van der Waals surface area (Å²) >= 11 is 0. The second-order valence-electron chi connectivity index (χ2n) is 5.93. The van der Waals surface area contributed by atoms with Crippen molar-refractivity contribution in [3.05, 3.63) is 115 Å². The number of fused-ring (bicyclic) bond motifs is 2. The number of benzene rings is 3. The molecule has 0 aliphatic rings. The summed E-state index contributed by atoms with van der Waals surface area (Å²) in [5.41, 5.74) is 0. The summed E-state index contributed by atoms with van der Waals surface area (Å²) in [5.74, 6) is 0. The quantitative estimate of drug-likeness (QED) is 0.222. The summed E-state index contributed by atoms with van der Waals surface area (Å²) in [6, 6.07) is 39.8. The molecule has 0 atom stereocenters. The summed E-state index contributed by atoms with van der Waals surface area (Å²) in [4.78, 5) is 0. The first kappa shape index (κ1) is 27.6. The van der Waals surface area contributed by atoms with Crippen LogP contribution in [0.1, 0.15) is 0 Å². The second kappa shape index (κ2) is 15.4. The van der Waals surface area contributed by atoms with Gasteiger partial charge in [-0.2, -0.15) is 35.0 Å². The van der Waals surface area contributed by atoms with Crippen molar-refractivity contribution >= 4 is 36.3 Å². The molecule has 0 N–H and O–H groups in total. The van der Waals surface area contributed by atoms with E-state index < -0.39 is 0 Å². The molecule has 0 saturated carbocycles. The zero-order valence-electron chi connectivity index (χ0n) is 16.2. The van der Waals surface area contributed by atoms with E-state index >= 15 is 0 Å². The van der Waals surface area contributed by atoms with E-state index in [1.54, 1.807) is 0 Å². The fourth-order valence-electron chi connectivity index (χ4n) is 2.74. The zero-order chi connectivity index (χ0) is 18.0. The van der Waals surface area contributed by atoms with Gasteiger partial charge in [0.05, 0.1) is 9.52 Å². The maximum Gasteiger partial charge on any atom is 4.00 e. The zero-order valence-corrected chi connectivity index (χ0v) is 21.2. The standard InChI is InChI=1S/2C9H7.C7H8Si.2ClH.Zr/c2*1-2-5-9-7-3-6-8(9)4-1;1-8-7-5-3-2-4-6-7;;;/h2*1-7H;2-6H,1H3;2*1H;/q2*-1;;;;+4/p-2. The molecule has 0 aliphatic heterocycles. The number of rotatable bonds is 1. The Morgan fingerprint density at radius 2 is 0.966 bits per heavy atom. The summed E-state index contributed by atoms with van der Waals surface area (Å²) in [5, 5.41) is 6.76. The molecule has 0 saturated heterocycles. The van der Waals surface area contributed by atoms with Crippen LogP contribution in [0.2, 0.25) is 6.55 Å². The van der Waals surface area contributed by atoms with Crippen molar-refractivity contribution in [1.82, 2.24) is 0 Å². The molecule has 0 aliphatic carbocycles. The third-order valence-electron chi connectivity index (χ3n) is 4.16. The summed E-state index contributed by atoms with van der Waals surface area (Å²) in [6.07, 6.45) is 0. The van der Waals surface area contributed by atoms with Crippen LogP contribution in [0.3, 0.4) is 0 Å².